The Morgan fingerprint density at radius 1 is 1.08 bits per heavy atom. The third-order valence-corrected chi connectivity index (χ3v) is 5.83. The van der Waals surface area contributed by atoms with E-state index in [1.165, 1.54) is 12.1 Å². The van der Waals surface area contributed by atoms with E-state index < -0.39 is 70.0 Å². The Balaban J connectivity index is 2.10. The van der Waals surface area contributed by atoms with Crippen LogP contribution in [0.1, 0.15) is 41.9 Å². The van der Waals surface area contributed by atoms with Gasteiger partial charge in [-0.2, -0.15) is 26.3 Å². The van der Waals surface area contributed by atoms with Crippen LogP contribution in [0, 0.1) is 0 Å². The summed E-state index contributed by atoms with van der Waals surface area (Å²) in [6.45, 7) is -1.99. The first-order valence-electron chi connectivity index (χ1n) is 10.8. The quantitative estimate of drug-likeness (QED) is 0.445. The van der Waals surface area contributed by atoms with Gasteiger partial charge in [-0.1, -0.05) is 25.0 Å². The molecule has 1 saturated carbocycles. The van der Waals surface area contributed by atoms with Crippen LogP contribution in [0.25, 0.3) is 11.3 Å². The van der Waals surface area contributed by atoms with E-state index in [1.54, 1.807) is 0 Å². The number of nitrogens with one attached hydrogen (secondary N) is 2. The minimum atomic E-state index is -5.29. The van der Waals surface area contributed by atoms with Crippen LogP contribution in [-0.2, 0) is 16.2 Å². The van der Waals surface area contributed by atoms with Gasteiger partial charge in [0.25, 0.3) is 5.91 Å². The number of alkyl halides is 6. The van der Waals surface area contributed by atoms with Gasteiger partial charge < -0.3 is 15.2 Å². The van der Waals surface area contributed by atoms with Gasteiger partial charge in [-0.15, -0.1) is 0 Å². The fraction of sp³-hybridized carbons (Fsp3) is 0.476. The van der Waals surface area contributed by atoms with Gasteiger partial charge in [0, 0.05) is 11.3 Å². The predicted octanol–water partition coefficient (Wildman–Crippen LogP) is 3.51. The van der Waals surface area contributed by atoms with E-state index in [0.29, 0.717) is 25.7 Å². The van der Waals surface area contributed by atoms with Crippen molar-refractivity contribution in [3.05, 3.63) is 35.7 Å². The third-order valence-electron chi connectivity index (χ3n) is 5.23. The monoisotopic (exact) mass is 556 g/mol. The van der Waals surface area contributed by atoms with Crippen LogP contribution in [-0.4, -0.2) is 60.6 Å². The molecule has 1 fully saturated rings. The number of benzene rings is 1. The van der Waals surface area contributed by atoms with Crippen LogP contribution in [0.2, 0.25) is 0 Å². The molecule has 0 unspecified atom stereocenters. The second-order valence-electron chi connectivity index (χ2n) is 8.36. The summed E-state index contributed by atoms with van der Waals surface area (Å²) in [5.74, 6) is -2.47. The van der Waals surface area contributed by atoms with Crippen molar-refractivity contribution in [3.8, 4) is 17.1 Å². The summed E-state index contributed by atoms with van der Waals surface area (Å²) >= 11 is 0. The first-order chi connectivity index (χ1) is 17.0. The van der Waals surface area contributed by atoms with Gasteiger partial charge in [0.1, 0.15) is 5.69 Å². The summed E-state index contributed by atoms with van der Waals surface area (Å²) in [5, 5.41) is 12.4. The maximum absolute atomic E-state index is 13.8. The smallest absolute Gasteiger partial charge is 0.435 e. The Hall–Kier alpha value is -3.14. The van der Waals surface area contributed by atoms with Gasteiger partial charge in [0.15, 0.2) is 18.0 Å². The fourth-order valence-corrected chi connectivity index (χ4v) is 4.21. The number of carbonyl (C=O) groups is 1. The standard InChI is InChI=1S/C21H22F6N4O5S/c1-37(34,35)31-12-8-6-11(7-9-12)15-19(36-10-20(22,23)24)30-17(21(25,26)27)16(29-15)18(33)28-13-4-2-3-5-14(13)32/h6-9,13-14,31-32H,2-5,10H2,1H3,(H,28,33)/t13-,14-/m1/s1. The van der Waals surface area contributed by atoms with Crippen LogP contribution in [0.3, 0.4) is 0 Å². The Bertz CT molecular complexity index is 1240. The van der Waals surface area contributed by atoms with Gasteiger partial charge in [0.05, 0.1) is 18.4 Å². The highest BCUT2D eigenvalue weighted by molar-refractivity contribution is 7.92. The predicted molar refractivity (Wildman–Crippen MR) is 118 cm³/mol. The first kappa shape index (κ1) is 28.4. The van der Waals surface area contributed by atoms with Gasteiger partial charge in [-0.25, -0.2) is 18.4 Å². The maximum atomic E-state index is 13.8. The summed E-state index contributed by atoms with van der Waals surface area (Å²) in [6, 6.07) is 3.81. The Labute approximate surface area is 207 Å². The molecule has 1 heterocycles. The molecule has 0 bridgehead atoms. The second-order valence-corrected chi connectivity index (χ2v) is 10.1. The SMILES string of the molecule is CS(=O)(=O)Nc1ccc(-c2nc(C(=O)N[C@@H]3CCCC[C@H]3O)c(C(F)(F)F)nc2OCC(F)(F)F)cc1. The number of carbonyl (C=O) groups excluding carboxylic acids is 1. The van der Waals surface area contributed by atoms with E-state index >= 15 is 0 Å². The number of anilines is 1. The van der Waals surface area contributed by atoms with Crippen molar-refractivity contribution in [1.82, 2.24) is 15.3 Å². The molecule has 1 amide bonds. The van der Waals surface area contributed by atoms with Gasteiger partial charge in [-0.3, -0.25) is 9.52 Å². The molecule has 1 aliphatic rings. The molecule has 0 saturated heterocycles. The number of sulfonamides is 1. The zero-order valence-corrected chi connectivity index (χ0v) is 20.0. The molecular formula is C21H22F6N4O5S. The Kier molecular flexibility index (Phi) is 8.21. The average Bonchev–Trinajstić information content (AvgIpc) is 2.77. The minimum Gasteiger partial charge on any atom is -0.466 e. The molecule has 16 heteroatoms. The molecule has 0 radical (unpaired) electrons. The molecule has 0 aliphatic heterocycles. The van der Waals surface area contributed by atoms with Crippen molar-refractivity contribution < 1.29 is 49.4 Å². The van der Waals surface area contributed by atoms with Crippen molar-refractivity contribution in [2.24, 2.45) is 0 Å². The fourth-order valence-electron chi connectivity index (χ4n) is 3.64. The zero-order valence-electron chi connectivity index (χ0n) is 19.2. The lowest BCUT2D eigenvalue weighted by Crippen LogP contribution is -2.45. The highest BCUT2D eigenvalue weighted by atomic mass is 32.2. The lowest BCUT2D eigenvalue weighted by atomic mass is 9.92. The molecule has 1 aliphatic carbocycles. The van der Waals surface area contributed by atoms with Crippen molar-refractivity contribution >= 4 is 21.6 Å². The summed E-state index contributed by atoms with van der Waals surface area (Å²) in [5.41, 5.74) is -3.76. The molecule has 3 rings (SSSR count). The first-order valence-corrected chi connectivity index (χ1v) is 12.7. The lowest BCUT2D eigenvalue weighted by molar-refractivity contribution is -0.154. The third kappa shape index (κ3) is 7.92. The van der Waals surface area contributed by atoms with E-state index in [1.807, 2.05) is 0 Å². The average molecular weight is 556 g/mol. The molecule has 2 aromatic rings. The summed E-state index contributed by atoms with van der Waals surface area (Å²) in [7, 11) is -3.67. The van der Waals surface area contributed by atoms with Gasteiger partial charge >= 0.3 is 12.4 Å². The summed E-state index contributed by atoms with van der Waals surface area (Å²) in [4.78, 5) is 19.7. The molecule has 3 N–H and O–H groups in total. The van der Waals surface area contributed by atoms with E-state index in [0.717, 1.165) is 18.4 Å². The number of amides is 1. The highest BCUT2D eigenvalue weighted by Gasteiger charge is 2.41. The maximum Gasteiger partial charge on any atom is 0.435 e. The van der Waals surface area contributed by atoms with Crippen LogP contribution in [0.15, 0.2) is 24.3 Å². The highest BCUT2D eigenvalue weighted by Crippen LogP contribution is 2.36. The molecule has 37 heavy (non-hydrogen) atoms. The van der Waals surface area contributed by atoms with Crippen LogP contribution in [0.4, 0.5) is 32.0 Å². The molecule has 2 atom stereocenters. The minimum absolute atomic E-state index is 0.0492. The number of hydrogen-bond acceptors (Lipinski definition) is 7. The number of ether oxygens (including phenoxy) is 1. The van der Waals surface area contributed by atoms with E-state index in [-0.39, 0.29) is 11.3 Å². The van der Waals surface area contributed by atoms with Crippen molar-refractivity contribution in [2.45, 2.75) is 50.2 Å². The number of aliphatic hydroxyl groups is 1. The molecule has 1 aromatic heterocycles. The summed E-state index contributed by atoms with van der Waals surface area (Å²) in [6.07, 6.45) is -8.42. The van der Waals surface area contributed by atoms with Crippen LogP contribution < -0.4 is 14.8 Å². The molecule has 1 aromatic carbocycles. The topological polar surface area (TPSA) is 131 Å². The lowest BCUT2D eigenvalue weighted by Gasteiger charge is -2.28. The van der Waals surface area contributed by atoms with E-state index in [2.05, 4.69) is 24.7 Å². The number of hydrogen-bond donors (Lipinski definition) is 3. The van der Waals surface area contributed by atoms with Crippen LogP contribution >= 0.6 is 0 Å². The van der Waals surface area contributed by atoms with Gasteiger partial charge in [0.2, 0.25) is 15.9 Å². The molecule has 9 nitrogen and oxygen atoms in total. The van der Waals surface area contributed by atoms with Gasteiger partial charge in [-0.05, 0) is 25.0 Å². The number of aliphatic hydroxyl groups excluding tert-OH is 1. The molecule has 0 spiro atoms. The Morgan fingerprint density at radius 2 is 1.70 bits per heavy atom. The van der Waals surface area contributed by atoms with E-state index in [9.17, 15) is 44.7 Å². The second kappa shape index (κ2) is 10.7. The largest absolute Gasteiger partial charge is 0.466 e. The molecule has 204 valence electrons. The summed E-state index contributed by atoms with van der Waals surface area (Å²) < 4.78 is 109. The molecular weight excluding hydrogens is 534 g/mol. The number of aromatic nitrogens is 2. The Morgan fingerprint density at radius 3 is 2.24 bits per heavy atom. The van der Waals surface area contributed by atoms with E-state index in [4.69, 9.17) is 0 Å². The zero-order chi connectivity index (χ0) is 27.6. The van der Waals surface area contributed by atoms with Crippen molar-refractivity contribution in [3.63, 3.8) is 0 Å². The number of rotatable bonds is 7. The van der Waals surface area contributed by atoms with Crippen LogP contribution in [0.5, 0.6) is 5.88 Å². The number of halogens is 6. The number of nitrogens with zero attached hydrogens (tertiary/aromatic N) is 2. The van der Waals surface area contributed by atoms with Crippen molar-refractivity contribution in [2.75, 3.05) is 17.6 Å². The normalized spacial score (nSPS) is 18.8. The van der Waals surface area contributed by atoms with Crippen molar-refractivity contribution in [1.29, 1.82) is 0 Å².